The van der Waals surface area contributed by atoms with Gasteiger partial charge in [-0.15, -0.1) is 0 Å². The van der Waals surface area contributed by atoms with E-state index < -0.39 is 0 Å². The van der Waals surface area contributed by atoms with Crippen LogP contribution in [0.4, 0.5) is 0 Å². The Morgan fingerprint density at radius 3 is 2.44 bits per heavy atom. The van der Waals surface area contributed by atoms with Crippen LogP contribution in [0.1, 0.15) is 20.3 Å². The number of hydrogen-bond acceptors (Lipinski definition) is 3. The summed E-state index contributed by atoms with van der Waals surface area (Å²) in [6.45, 7) is 11.0. The molecule has 0 bridgehead atoms. The molecule has 0 aromatic heterocycles. The van der Waals surface area contributed by atoms with Gasteiger partial charge in [0.15, 0.2) is 0 Å². The van der Waals surface area contributed by atoms with E-state index in [1.54, 1.807) is 9.80 Å². The van der Waals surface area contributed by atoms with E-state index in [-0.39, 0.29) is 24.9 Å². The number of amides is 2. The van der Waals surface area contributed by atoms with Crippen LogP contribution in [-0.4, -0.2) is 60.9 Å². The molecule has 18 heavy (non-hydrogen) atoms. The molecule has 1 aliphatic rings. The van der Waals surface area contributed by atoms with Gasteiger partial charge in [-0.05, 0) is 18.5 Å². The Morgan fingerprint density at radius 1 is 1.22 bits per heavy atom. The lowest BCUT2D eigenvalue weighted by Crippen LogP contribution is -2.54. The van der Waals surface area contributed by atoms with Gasteiger partial charge >= 0.3 is 0 Å². The van der Waals surface area contributed by atoms with Crippen molar-refractivity contribution in [3.63, 3.8) is 0 Å². The topological polar surface area (TPSA) is 52.7 Å². The number of nitrogens with zero attached hydrogens (tertiary/aromatic N) is 2. The van der Waals surface area contributed by atoms with E-state index in [2.05, 4.69) is 11.9 Å². The Bertz CT molecular complexity index is 326. The van der Waals surface area contributed by atoms with Crippen LogP contribution in [0.5, 0.6) is 0 Å². The van der Waals surface area contributed by atoms with Gasteiger partial charge in [0.05, 0.1) is 6.54 Å². The maximum atomic E-state index is 11.9. The highest BCUT2D eigenvalue weighted by Gasteiger charge is 2.29. The molecule has 1 N–H and O–H groups in total. The average molecular weight is 253 g/mol. The summed E-state index contributed by atoms with van der Waals surface area (Å²) in [7, 11) is 0. The normalized spacial score (nSPS) is 16.3. The molecule has 0 aromatic carbocycles. The van der Waals surface area contributed by atoms with Crippen LogP contribution >= 0.6 is 0 Å². The summed E-state index contributed by atoms with van der Waals surface area (Å²) in [5, 5.41) is 3.16. The van der Waals surface area contributed by atoms with Crippen LogP contribution in [0.15, 0.2) is 12.2 Å². The van der Waals surface area contributed by atoms with Crippen molar-refractivity contribution in [1.29, 1.82) is 0 Å². The molecule has 0 atom stereocenters. The fraction of sp³-hybridized carbons (Fsp3) is 0.692. The number of nitrogens with one attached hydrogen (secondary N) is 1. The highest BCUT2D eigenvalue weighted by Crippen LogP contribution is 2.07. The van der Waals surface area contributed by atoms with Crippen LogP contribution in [0.3, 0.4) is 0 Å². The zero-order valence-corrected chi connectivity index (χ0v) is 11.4. The van der Waals surface area contributed by atoms with Crippen LogP contribution in [0.25, 0.3) is 0 Å². The molecule has 1 saturated heterocycles. The minimum atomic E-state index is 0.0145. The lowest BCUT2D eigenvalue weighted by atomic mass is 10.2. The highest BCUT2D eigenvalue weighted by molar-refractivity contribution is 5.92. The predicted octanol–water partition coefficient (Wildman–Crippen LogP) is 0.233. The zero-order chi connectivity index (χ0) is 13.5. The molecule has 0 spiro atoms. The summed E-state index contributed by atoms with van der Waals surface area (Å²) in [5.74, 6) is 0.0494. The van der Waals surface area contributed by atoms with E-state index in [0.717, 1.165) is 18.5 Å². The first kappa shape index (κ1) is 14.7. The van der Waals surface area contributed by atoms with Gasteiger partial charge in [0.2, 0.25) is 11.8 Å². The SMILES string of the molecule is C=C(CNCC)CN1CC(=O)N(CCC)CC1=O. The van der Waals surface area contributed by atoms with Gasteiger partial charge in [0.25, 0.3) is 0 Å². The van der Waals surface area contributed by atoms with Crippen LogP contribution in [-0.2, 0) is 9.59 Å². The Kier molecular flexibility index (Phi) is 5.85. The van der Waals surface area contributed by atoms with Crippen LogP contribution in [0.2, 0.25) is 0 Å². The minimum Gasteiger partial charge on any atom is -0.332 e. The second kappa shape index (κ2) is 7.16. The minimum absolute atomic E-state index is 0.0145. The smallest absolute Gasteiger partial charge is 0.242 e. The molecule has 0 saturated carbocycles. The Morgan fingerprint density at radius 2 is 1.83 bits per heavy atom. The molecule has 0 aliphatic carbocycles. The molecule has 1 rings (SSSR count). The van der Waals surface area contributed by atoms with Crippen LogP contribution in [0, 0.1) is 0 Å². The summed E-state index contributed by atoms with van der Waals surface area (Å²) in [4.78, 5) is 26.9. The summed E-state index contributed by atoms with van der Waals surface area (Å²) >= 11 is 0. The maximum absolute atomic E-state index is 11.9. The summed E-state index contributed by atoms with van der Waals surface area (Å²) in [6.07, 6.45) is 0.881. The number of carbonyl (C=O) groups excluding carboxylic acids is 2. The third kappa shape index (κ3) is 4.14. The van der Waals surface area contributed by atoms with Crippen molar-refractivity contribution in [2.45, 2.75) is 20.3 Å². The van der Waals surface area contributed by atoms with Gasteiger partial charge in [-0.2, -0.15) is 0 Å². The summed E-state index contributed by atoms with van der Waals surface area (Å²) in [6, 6.07) is 0. The maximum Gasteiger partial charge on any atom is 0.242 e. The fourth-order valence-corrected chi connectivity index (χ4v) is 1.95. The second-order valence-corrected chi connectivity index (χ2v) is 4.60. The molecule has 1 aliphatic heterocycles. The largest absolute Gasteiger partial charge is 0.332 e. The monoisotopic (exact) mass is 253 g/mol. The van der Waals surface area contributed by atoms with Crippen molar-refractivity contribution in [3.8, 4) is 0 Å². The number of piperazine rings is 1. The summed E-state index contributed by atoms with van der Waals surface area (Å²) < 4.78 is 0. The zero-order valence-electron chi connectivity index (χ0n) is 11.4. The van der Waals surface area contributed by atoms with Crippen molar-refractivity contribution in [3.05, 3.63) is 12.2 Å². The molecular formula is C13H23N3O2. The molecule has 5 nitrogen and oxygen atoms in total. The molecule has 0 unspecified atom stereocenters. The molecule has 1 fully saturated rings. The lowest BCUT2D eigenvalue weighted by molar-refractivity contribution is -0.149. The van der Waals surface area contributed by atoms with Gasteiger partial charge in [-0.3, -0.25) is 9.59 Å². The van der Waals surface area contributed by atoms with Gasteiger partial charge in [0.1, 0.15) is 6.54 Å². The van der Waals surface area contributed by atoms with Crippen molar-refractivity contribution in [1.82, 2.24) is 15.1 Å². The standard InChI is InChI=1S/C13H23N3O2/c1-4-6-15-9-13(18)16(10-12(15)17)8-11(3)7-14-5-2/h14H,3-10H2,1-2H3. The Balaban J connectivity index is 2.47. The lowest BCUT2D eigenvalue weighted by Gasteiger charge is -2.34. The number of carbonyl (C=O) groups is 2. The van der Waals surface area contributed by atoms with E-state index in [1.807, 2.05) is 13.8 Å². The molecule has 1 heterocycles. The van der Waals surface area contributed by atoms with Gasteiger partial charge in [0, 0.05) is 19.6 Å². The van der Waals surface area contributed by atoms with Crippen LogP contribution < -0.4 is 5.32 Å². The van der Waals surface area contributed by atoms with E-state index >= 15 is 0 Å². The second-order valence-electron chi connectivity index (χ2n) is 4.60. The van der Waals surface area contributed by atoms with Crippen molar-refractivity contribution >= 4 is 11.8 Å². The van der Waals surface area contributed by atoms with Gasteiger partial charge < -0.3 is 15.1 Å². The highest BCUT2D eigenvalue weighted by atomic mass is 16.2. The summed E-state index contributed by atoms with van der Waals surface area (Å²) in [5.41, 5.74) is 0.932. The molecule has 0 radical (unpaired) electrons. The van der Waals surface area contributed by atoms with E-state index in [9.17, 15) is 9.59 Å². The van der Waals surface area contributed by atoms with E-state index in [0.29, 0.717) is 19.6 Å². The number of likely N-dealkylation sites (N-methyl/N-ethyl adjacent to an activating group) is 1. The molecule has 5 heteroatoms. The number of hydrogen-bond donors (Lipinski definition) is 1. The third-order valence-electron chi connectivity index (χ3n) is 2.89. The first-order valence-electron chi connectivity index (χ1n) is 6.51. The fourth-order valence-electron chi connectivity index (χ4n) is 1.95. The first-order chi connectivity index (χ1) is 8.58. The third-order valence-corrected chi connectivity index (χ3v) is 2.89. The predicted molar refractivity (Wildman–Crippen MR) is 71.1 cm³/mol. The quantitative estimate of drug-likeness (QED) is 0.661. The van der Waals surface area contributed by atoms with Gasteiger partial charge in [-0.25, -0.2) is 0 Å². The molecular weight excluding hydrogens is 230 g/mol. The van der Waals surface area contributed by atoms with Gasteiger partial charge in [-0.1, -0.05) is 20.4 Å². The average Bonchev–Trinajstić information content (AvgIpc) is 2.33. The van der Waals surface area contributed by atoms with Crippen molar-refractivity contribution in [2.24, 2.45) is 0 Å². The first-order valence-corrected chi connectivity index (χ1v) is 6.51. The molecule has 102 valence electrons. The van der Waals surface area contributed by atoms with E-state index in [4.69, 9.17) is 0 Å². The number of rotatable bonds is 7. The Hall–Kier alpha value is -1.36. The van der Waals surface area contributed by atoms with E-state index in [1.165, 1.54) is 0 Å². The van der Waals surface area contributed by atoms with Crippen molar-refractivity contribution in [2.75, 3.05) is 39.3 Å². The molecule has 2 amide bonds. The Labute approximate surface area is 109 Å². The molecule has 0 aromatic rings. The van der Waals surface area contributed by atoms with Crippen molar-refractivity contribution < 1.29 is 9.59 Å².